The van der Waals surface area contributed by atoms with Crippen LogP contribution in [0.5, 0.6) is 17.2 Å². The molecule has 1 saturated heterocycles. The fraction of sp³-hybridized carbons (Fsp3) is 0.435. The quantitative estimate of drug-likeness (QED) is 0.556. The molecule has 2 aromatic heterocycles. The number of rotatable bonds is 7. The van der Waals surface area contributed by atoms with E-state index in [4.69, 9.17) is 18.7 Å². The van der Waals surface area contributed by atoms with Gasteiger partial charge < -0.3 is 23.6 Å². The largest absolute Gasteiger partial charge is 0.493 e. The van der Waals surface area contributed by atoms with Gasteiger partial charge in [0.25, 0.3) is 0 Å². The van der Waals surface area contributed by atoms with E-state index in [1.54, 1.807) is 26.0 Å². The second kappa shape index (κ2) is 8.94. The zero-order chi connectivity index (χ0) is 22.8. The van der Waals surface area contributed by atoms with Crippen molar-refractivity contribution in [2.75, 3.05) is 27.9 Å². The van der Waals surface area contributed by atoms with E-state index < -0.39 is 0 Å². The minimum Gasteiger partial charge on any atom is -0.493 e. The van der Waals surface area contributed by atoms with Crippen molar-refractivity contribution in [2.45, 2.75) is 32.2 Å². The molecule has 1 aliphatic rings. The SMILES string of the molecule is COc1cc(CC(=O)N2CCC[C@H]2c2nn(C)cc2-c2cc(C)no2)cc(OC)c1OC. The smallest absolute Gasteiger partial charge is 0.227 e. The summed E-state index contributed by atoms with van der Waals surface area (Å²) in [5.74, 6) is 2.24. The Morgan fingerprint density at radius 2 is 1.88 bits per heavy atom. The van der Waals surface area contributed by atoms with Gasteiger partial charge in [-0.25, -0.2) is 0 Å². The molecule has 0 unspecified atom stereocenters. The Bertz CT molecular complexity index is 1090. The Kier molecular flexibility index (Phi) is 6.07. The van der Waals surface area contributed by atoms with Crippen LogP contribution >= 0.6 is 0 Å². The first kappa shape index (κ1) is 21.7. The van der Waals surface area contributed by atoms with Crippen molar-refractivity contribution in [3.05, 3.63) is 41.3 Å². The fourth-order valence-corrected chi connectivity index (χ4v) is 4.30. The maximum Gasteiger partial charge on any atom is 0.227 e. The number of likely N-dealkylation sites (tertiary alicyclic amines) is 1. The Hall–Kier alpha value is -3.49. The first-order valence-electron chi connectivity index (χ1n) is 10.5. The standard InChI is InChI=1S/C23H28N4O5/c1-14-9-18(32-25-14)16-13-26(2)24-22(16)17-7-6-8-27(17)21(28)12-15-10-19(29-3)23(31-5)20(11-15)30-4/h9-11,13,17H,6-8,12H2,1-5H3/t17-/m0/s1. The van der Waals surface area contributed by atoms with Gasteiger partial charge >= 0.3 is 0 Å². The van der Waals surface area contributed by atoms with Gasteiger partial charge in [-0.15, -0.1) is 0 Å². The van der Waals surface area contributed by atoms with Crippen LogP contribution in [-0.2, 0) is 18.3 Å². The highest BCUT2D eigenvalue weighted by Crippen LogP contribution is 2.40. The highest BCUT2D eigenvalue weighted by molar-refractivity contribution is 5.80. The van der Waals surface area contributed by atoms with E-state index in [9.17, 15) is 4.79 Å². The summed E-state index contributed by atoms with van der Waals surface area (Å²) >= 11 is 0. The number of aromatic nitrogens is 3. The average Bonchev–Trinajstić information content (AvgIpc) is 3.52. The van der Waals surface area contributed by atoms with Crippen LogP contribution in [0.15, 0.2) is 28.9 Å². The molecule has 4 rings (SSSR count). The lowest BCUT2D eigenvalue weighted by molar-refractivity contribution is -0.131. The molecule has 3 aromatic rings. The lowest BCUT2D eigenvalue weighted by Crippen LogP contribution is -2.32. The number of amides is 1. The van der Waals surface area contributed by atoms with Gasteiger partial charge in [-0.3, -0.25) is 9.48 Å². The van der Waals surface area contributed by atoms with Gasteiger partial charge in [-0.1, -0.05) is 5.16 Å². The number of methoxy groups -OCH3 is 3. The van der Waals surface area contributed by atoms with E-state index in [2.05, 4.69) is 10.3 Å². The van der Waals surface area contributed by atoms with Gasteiger partial charge in [0.1, 0.15) is 0 Å². The third kappa shape index (κ3) is 4.02. The summed E-state index contributed by atoms with van der Waals surface area (Å²) in [6.07, 6.45) is 3.89. The molecule has 0 radical (unpaired) electrons. The van der Waals surface area contributed by atoms with Crippen LogP contribution in [0, 0.1) is 6.92 Å². The Morgan fingerprint density at radius 1 is 1.16 bits per heavy atom. The van der Waals surface area contributed by atoms with Crippen molar-refractivity contribution in [3.63, 3.8) is 0 Å². The van der Waals surface area contributed by atoms with Gasteiger partial charge in [0, 0.05) is 25.9 Å². The molecule has 9 nitrogen and oxygen atoms in total. The Balaban J connectivity index is 1.61. The third-order valence-corrected chi connectivity index (χ3v) is 5.72. The van der Waals surface area contributed by atoms with E-state index in [1.165, 1.54) is 0 Å². The number of carbonyl (C=O) groups is 1. The highest BCUT2D eigenvalue weighted by Gasteiger charge is 2.34. The zero-order valence-corrected chi connectivity index (χ0v) is 19.0. The van der Waals surface area contributed by atoms with Gasteiger partial charge in [-0.05, 0) is 37.5 Å². The summed E-state index contributed by atoms with van der Waals surface area (Å²) in [4.78, 5) is 15.3. The van der Waals surface area contributed by atoms with Gasteiger partial charge in [0.2, 0.25) is 11.7 Å². The number of aryl methyl sites for hydroxylation is 2. The lowest BCUT2D eigenvalue weighted by atomic mass is 10.0. The van der Waals surface area contributed by atoms with Crippen LogP contribution < -0.4 is 14.2 Å². The molecule has 1 atom stereocenters. The normalized spacial score (nSPS) is 15.8. The van der Waals surface area contributed by atoms with Crippen LogP contribution in [0.2, 0.25) is 0 Å². The third-order valence-electron chi connectivity index (χ3n) is 5.72. The summed E-state index contributed by atoms with van der Waals surface area (Å²) in [5.41, 5.74) is 3.30. The molecule has 0 saturated carbocycles. The molecule has 32 heavy (non-hydrogen) atoms. The summed E-state index contributed by atoms with van der Waals surface area (Å²) in [5, 5.41) is 8.67. The summed E-state index contributed by atoms with van der Waals surface area (Å²) in [7, 11) is 6.55. The minimum absolute atomic E-state index is 0.0205. The van der Waals surface area contributed by atoms with Crippen LogP contribution in [-0.4, -0.2) is 53.6 Å². The molecule has 1 aromatic carbocycles. The summed E-state index contributed by atoms with van der Waals surface area (Å²) in [6, 6.07) is 5.39. The van der Waals surface area contributed by atoms with Crippen molar-refractivity contribution in [2.24, 2.45) is 7.05 Å². The molecule has 0 N–H and O–H groups in total. The van der Waals surface area contributed by atoms with Crippen LogP contribution in [0.3, 0.4) is 0 Å². The molecule has 1 amide bonds. The lowest BCUT2D eigenvalue weighted by Gasteiger charge is -2.24. The Morgan fingerprint density at radius 3 is 2.47 bits per heavy atom. The van der Waals surface area contributed by atoms with Crippen LogP contribution in [0.4, 0.5) is 0 Å². The number of hydrogen-bond donors (Lipinski definition) is 0. The van der Waals surface area contributed by atoms with E-state index in [0.717, 1.165) is 35.4 Å². The number of hydrogen-bond acceptors (Lipinski definition) is 7. The topological polar surface area (TPSA) is 91.9 Å². The van der Waals surface area contributed by atoms with Gasteiger partial charge in [-0.2, -0.15) is 5.10 Å². The maximum absolute atomic E-state index is 13.4. The van der Waals surface area contributed by atoms with Gasteiger partial charge in [0.05, 0.1) is 50.7 Å². The van der Waals surface area contributed by atoms with Crippen molar-refractivity contribution in [1.82, 2.24) is 19.8 Å². The van der Waals surface area contributed by atoms with E-state index in [-0.39, 0.29) is 18.4 Å². The van der Waals surface area contributed by atoms with Crippen molar-refractivity contribution >= 4 is 5.91 Å². The minimum atomic E-state index is -0.119. The van der Waals surface area contributed by atoms with Crippen molar-refractivity contribution < 1.29 is 23.5 Å². The molecule has 0 bridgehead atoms. The highest BCUT2D eigenvalue weighted by atomic mass is 16.5. The molecule has 3 heterocycles. The number of benzene rings is 1. The first-order valence-corrected chi connectivity index (χ1v) is 10.5. The average molecular weight is 441 g/mol. The molecule has 1 aliphatic heterocycles. The number of ether oxygens (including phenoxy) is 3. The number of carbonyl (C=O) groups excluding carboxylic acids is 1. The van der Waals surface area contributed by atoms with E-state index in [0.29, 0.717) is 29.6 Å². The van der Waals surface area contributed by atoms with Crippen LogP contribution in [0.1, 0.15) is 35.8 Å². The zero-order valence-electron chi connectivity index (χ0n) is 19.0. The second-order valence-electron chi connectivity index (χ2n) is 7.89. The molecule has 9 heteroatoms. The molecule has 0 aliphatic carbocycles. The fourth-order valence-electron chi connectivity index (χ4n) is 4.30. The van der Waals surface area contributed by atoms with E-state index >= 15 is 0 Å². The first-order chi connectivity index (χ1) is 15.4. The predicted molar refractivity (Wildman–Crippen MR) is 117 cm³/mol. The molecule has 170 valence electrons. The molecular formula is C23H28N4O5. The molecular weight excluding hydrogens is 412 g/mol. The molecule has 1 fully saturated rings. The monoisotopic (exact) mass is 440 g/mol. The number of nitrogens with zero attached hydrogens (tertiary/aromatic N) is 4. The molecule has 0 spiro atoms. The predicted octanol–water partition coefficient (Wildman–Crippen LogP) is 3.32. The van der Waals surface area contributed by atoms with E-state index in [1.807, 2.05) is 43.3 Å². The summed E-state index contributed by atoms with van der Waals surface area (Å²) in [6.45, 7) is 2.56. The summed E-state index contributed by atoms with van der Waals surface area (Å²) < 4.78 is 23.5. The maximum atomic E-state index is 13.4. The van der Waals surface area contributed by atoms with Crippen molar-refractivity contribution in [3.8, 4) is 28.6 Å². The van der Waals surface area contributed by atoms with Gasteiger partial charge in [0.15, 0.2) is 17.3 Å². The van der Waals surface area contributed by atoms with Crippen LogP contribution in [0.25, 0.3) is 11.3 Å². The second-order valence-corrected chi connectivity index (χ2v) is 7.89. The van der Waals surface area contributed by atoms with Crippen molar-refractivity contribution in [1.29, 1.82) is 0 Å². The Labute approximate surface area is 186 Å².